The summed E-state index contributed by atoms with van der Waals surface area (Å²) in [6.45, 7) is 3.91. The number of hydrogen-bond donors (Lipinski definition) is 1. The van der Waals surface area contributed by atoms with Gasteiger partial charge in [0.25, 0.3) is 0 Å². The molecule has 3 rings (SSSR count). The van der Waals surface area contributed by atoms with E-state index >= 15 is 0 Å². The molecular formula is C15H16ClN3O. The topological polar surface area (TPSA) is 37.4 Å². The molecular weight excluding hydrogens is 274 g/mol. The number of hydrogen-bond acceptors (Lipinski definition) is 4. The molecule has 0 bridgehead atoms. The van der Waals surface area contributed by atoms with Crippen LogP contribution in [-0.2, 0) is 0 Å². The molecule has 0 radical (unpaired) electrons. The Morgan fingerprint density at radius 3 is 2.70 bits per heavy atom. The molecule has 2 heterocycles. The number of pyridine rings is 1. The van der Waals surface area contributed by atoms with E-state index in [-0.39, 0.29) is 0 Å². The monoisotopic (exact) mass is 289 g/mol. The van der Waals surface area contributed by atoms with Gasteiger partial charge >= 0.3 is 0 Å². The van der Waals surface area contributed by atoms with Crippen LogP contribution >= 0.6 is 11.6 Å². The smallest absolute Gasteiger partial charge is 0.221 e. The molecule has 0 spiro atoms. The fraction of sp³-hybridized carbons (Fsp3) is 0.267. The SMILES string of the molecule is Clc1cccc(Oc2cccc(N3CCNCC3)n2)c1. The van der Waals surface area contributed by atoms with E-state index < -0.39 is 0 Å². The van der Waals surface area contributed by atoms with E-state index in [1.54, 1.807) is 6.07 Å². The van der Waals surface area contributed by atoms with Gasteiger partial charge in [-0.05, 0) is 24.3 Å². The number of aromatic nitrogens is 1. The van der Waals surface area contributed by atoms with Crippen molar-refractivity contribution in [1.29, 1.82) is 0 Å². The molecule has 1 aromatic heterocycles. The Labute approximate surface area is 123 Å². The summed E-state index contributed by atoms with van der Waals surface area (Å²) < 4.78 is 5.75. The summed E-state index contributed by atoms with van der Waals surface area (Å²) in [5, 5.41) is 3.98. The maximum atomic E-state index is 5.95. The van der Waals surface area contributed by atoms with E-state index in [2.05, 4.69) is 15.2 Å². The van der Waals surface area contributed by atoms with Crippen LogP contribution in [0, 0.1) is 0 Å². The van der Waals surface area contributed by atoms with Crippen molar-refractivity contribution in [2.24, 2.45) is 0 Å². The zero-order valence-electron chi connectivity index (χ0n) is 11.1. The molecule has 1 N–H and O–H groups in total. The highest BCUT2D eigenvalue weighted by Gasteiger charge is 2.12. The van der Waals surface area contributed by atoms with Crippen molar-refractivity contribution >= 4 is 17.4 Å². The molecule has 1 aliphatic heterocycles. The first kappa shape index (κ1) is 13.2. The molecule has 2 aromatic rings. The lowest BCUT2D eigenvalue weighted by Gasteiger charge is -2.28. The van der Waals surface area contributed by atoms with Crippen molar-refractivity contribution in [2.45, 2.75) is 0 Å². The van der Waals surface area contributed by atoms with Crippen molar-refractivity contribution in [3.63, 3.8) is 0 Å². The number of piperazine rings is 1. The Morgan fingerprint density at radius 2 is 1.90 bits per heavy atom. The van der Waals surface area contributed by atoms with Crippen LogP contribution in [-0.4, -0.2) is 31.2 Å². The highest BCUT2D eigenvalue weighted by Crippen LogP contribution is 2.24. The van der Waals surface area contributed by atoms with E-state index in [4.69, 9.17) is 16.3 Å². The van der Waals surface area contributed by atoms with Gasteiger partial charge in [-0.2, -0.15) is 4.98 Å². The summed E-state index contributed by atoms with van der Waals surface area (Å²) in [5.74, 6) is 2.23. The molecule has 0 amide bonds. The molecule has 0 atom stereocenters. The number of benzene rings is 1. The highest BCUT2D eigenvalue weighted by molar-refractivity contribution is 6.30. The fourth-order valence-corrected chi connectivity index (χ4v) is 2.36. The average Bonchev–Trinajstić information content (AvgIpc) is 2.48. The maximum Gasteiger partial charge on any atom is 0.221 e. The normalized spacial score (nSPS) is 15.2. The number of nitrogens with zero attached hydrogens (tertiary/aromatic N) is 2. The van der Waals surface area contributed by atoms with Gasteiger partial charge in [-0.1, -0.05) is 23.7 Å². The lowest BCUT2D eigenvalue weighted by Crippen LogP contribution is -2.43. The third kappa shape index (κ3) is 3.21. The maximum absolute atomic E-state index is 5.95. The van der Waals surface area contributed by atoms with Gasteiger partial charge in [0.05, 0.1) is 0 Å². The molecule has 20 heavy (non-hydrogen) atoms. The molecule has 4 nitrogen and oxygen atoms in total. The molecule has 0 saturated carbocycles. The van der Waals surface area contributed by atoms with Crippen molar-refractivity contribution in [1.82, 2.24) is 10.3 Å². The summed E-state index contributed by atoms with van der Waals surface area (Å²) in [6, 6.07) is 13.1. The lowest BCUT2D eigenvalue weighted by atomic mass is 10.3. The lowest BCUT2D eigenvalue weighted by molar-refractivity contribution is 0.461. The summed E-state index contributed by atoms with van der Waals surface area (Å²) in [7, 11) is 0. The Kier molecular flexibility index (Phi) is 4.04. The van der Waals surface area contributed by atoms with E-state index in [9.17, 15) is 0 Å². The predicted octanol–water partition coefficient (Wildman–Crippen LogP) is 2.94. The van der Waals surface area contributed by atoms with E-state index in [1.165, 1.54) is 0 Å². The van der Waals surface area contributed by atoms with Gasteiger partial charge in [0.15, 0.2) is 0 Å². The molecule has 1 fully saturated rings. The average molecular weight is 290 g/mol. The van der Waals surface area contributed by atoms with E-state index in [0.29, 0.717) is 16.7 Å². The predicted molar refractivity (Wildman–Crippen MR) is 80.8 cm³/mol. The Morgan fingerprint density at radius 1 is 1.10 bits per heavy atom. The van der Waals surface area contributed by atoms with Gasteiger partial charge in [-0.3, -0.25) is 0 Å². The van der Waals surface area contributed by atoms with Crippen molar-refractivity contribution < 1.29 is 4.74 Å². The minimum Gasteiger partial charge on any atom is -0.439 e. The first-order chi connectivity index (χ1) is 9.81. The first-order valence-corrected chi connectivity index (χ1v) is 7.05. The van der Waals surface area contributed by atoms with Gasteiger partial charge in [0.1, 0.15) is 11.6 Å². The van der Waals surface area contributed by atoms with Gasteiger partial charge in [-0.25, -0.2) is 0 Å². The van der Waals surface area contributed by atoms with Gasteiger partial charge in [0, 0.05) is 37.3 Å². The quantitative estimate of drug-likeness (QED) is 0.943. The standard InChI is InChI=1S/C15H16ClN3O/c16-12-3-1-4-13(11-12)20-15-6-2-5-14(18-15)19-9-7-17-8-10-19/h1-6,11,17H,7-10H2. The van der Waals surface area contributed by atoms with E-state index in [0.717, 1.165) is 32.0 Å². The van der Waals surface area contributed by atoms with Gasteiger partial charge in [-0.15, -0.1) is 0 Å². The largest absolute Gasteiger partial charge is 0.439 e. The number of rotatable bonds is 3. The van der Waals surface area contributed by atoms with Crippen molar-refractivity contribution in [3.05, 3.63) is 47.5 Å². The second kappa shape index (κ2) is 6.11. The Balaban J connectivity index is 1.77. The van der Waals surface area contributed by atoms with E-state index in [1.807, 2.05) is 36.4 Å². The molecule has 0 unspecified atom stereocenters. The summed E-state index contributed by atoms with van der Waals surface area (Å²) in [5.41, 5.74) is 0. The second-order valence-electron chi connectivity index (χ2n) is 4.63. The minimum atomic E-state index is 0.586. The van der Waals surface area contributed by atoms with Crippen molar-refractivity contribution in [3.8, 4) is 11.6 Å². The summed E-state index contributed by atoms with van der Waals surface area (Å²) in [4.78, 5) is 6.81. The van der Waals surface area contributed by atoms with Gasteiger partial charge in [0.2, 0.25) is 5.88 Å². The van der Waals surface area contributed by atoms with Crippen LogP contribution in [0.2, 0.25) is 5.02 Å². The van der Waals surface area contributed by atoms with Crippen LogP contribution in [0.4, 0.5) is 5.82 Å². The van der Waals surface area contributed by atoms with Crippen LogP contribution in [0.1, 0.15) is 0 Å². The molecule has 1 aliphatic rings. The zero-order chi connectivity index (χ0) is 13.8. The molecule has 0 aliphatic carbocycles. The fourth-order valence-electron chi connectivity index (χ4n) is 2.18. The van der Waals surface area contributed by atoms with Crippen LogP contribution in [0.3, 0.4) is 0 Å². The Bertz CT molecular complexity index is 585. The van der Waals surface area contributed by atoms with Gasteiger partial charge < -0.3 is 15.0 Å². The molecule has 5 heteroatoms. The number of ether oxygens (including phenoxy) is 1. The second-order valence-corrected chi connectivity index (χ2v) is 5.07. The third-order valence-corrected chi connectivity index (χ3v) is 3.40. The summed E-state index contributed by atoms with van der Waals surface area (Å²) >= 11 is 5.95. The van der Waals surface area contributed by atoms with Crippen molar-refractivity contribution in [2.75, 3.05) is 31.1 Å². The summed E-state index contributed by atoms with van der Waals surface area (Å²) in [6.07, 6.45) is 0. The van der Waals surface area contributed by atoms with Crippen LogP contribution < -0.4 is 15.0 Å². The van der Waals surface area contributed by atoms with Crippen LogP contribution in [0.5, 0.6) is 11.6 Å². The number of halogens is 1. The minimum absolute atomic E-state index is 0.586. The van der Waals surface area contributed by atoms with Crippen LogP contribution in [0.25, 0.3) is 0 Å². The Hall–Kier alpha value is -1.78. The molecule has 104 valence electrons. The van der Waals surface area contributed by atoms with Crippen LogP contribution in [0.15, 0.2) is 42.5 Å². The zero-order valence-corrected chi connectivity index (χ0v) is 11.8. The molecule has 1 aromatic carbocycles. The number of anilines is 1. The third-order valence-electron chi connectivity index (χ3n) is 3.17. The highest BCUT2D eigenvalue weighted by atomic mass is 35.5. The first-order valence-electron chi connectivity index (χ1n) is 6.67. The molecule has 1 saturated heterocycles. The number of nitrogens with one attached hydrogen (secondary N) is 1.